The number of unbranched alkanes of at least 4 members (excludes halogenated alkanes) is 4. The molecule has 0 aromatic heterocycles. The smallest absolute Gasteiger partial charge is 0.335 e. The van der Waals surface area contributed by atoms with E-state index in [0.717, 1.165) is 18.5 Å². The normalized spacial score (nSPS) is 14.1. The molecular formula is C25H43NO3Si. The summed E-state index contributed by atoms with van der Waals surface area (Å²) < 4.78 is 11.9. The molecule has 4 nitrogen and oxygen atoms in total. The van der Waals surface area contributed by atoms with Crippen molar-refractivity contribution in [3.8, 4) is 0 Å². The fourth-order valence-electron chi connectivity index (χ4n) is 3.17. The van der Waals surface area contributed by atoms with Crippen LogP contribution in [0, 0.1) is 0 Å². The van der Waals surface area contributed by atoms with Gasteiger partial charge in [0, 0.05) is 5.69 Å². The summed E-state index contributed by atoms with van der Waals surface area (Å²) in [4.78, 5) is 12.4. The highest BCUT2D eigenvalue weighted by Crippen LogP contribution is 2.39. The lowest BCUT2D eigenvalue weighted by Gasteiger charge is -2.42. The molecule has 0 bridgehead atoms. The summed E-state index contributed by atoms with van der Waals surface area (Å²) in [5, 5.41) is 3.60. The van der Waals surface area contributed by atoms with Crippen molar-refractivity contribution in [2.24, 2.45) is 0 Å². The summed E-state index contributed by atoms with van der Waals surface area (Å²) in [6.07, 6.45) is 6.71. The Labute approximate surface area is 185 Å². The van der Waals surface area contributed by atoms with Gasteiger partial charge in [0.05, 0.1) is 24.8 Å². The van der Waals surface area contributed by atoms with Crippen molar-refractivity contribution >= 4 is 20.0 Å². The van der Waals surface area contributed by atoms with E-state index in [4.69, 9.17) is 9.16 Å². The number of hydrogen-bond acceptors (Lipinski definition) is 4. The molecule has 0 aliphatic carbocycles. The molecule has 0 saturated carbocycles. The molecule has 30 heavy (non-hydrogen) atoms. The van der Waals surface area contributed by atoms with Crippen LogP contribution in [0.4, 0.5) is 5.69 Å². The first-order valence-corrected chi connectivity index (χ1v) is 14.2. The van der Waals surface area contributed by atoms with Gasteiger partial charge in [-0.3, -0.25) is 0 Å². The lowest BCUT2D eigenvalue weighted by atomic mass is 9.97. The third-order valence-electron chi connectivity index (χ3n) is 6.14. The van der Waals surface area contributed by atoms with Crippen molar-refractivity contribution in [2.45, 2.75) is 96.5 Å². The molecule has 0 aliphatic heterocycles. The van der Waals surface area contributed by atoms with Gasteiger partial charge in [0.1, 0.15) is 0 Å². The summed E-state index contributed by atoms with van der Waals surface area (Å²) in [5.74, 6) is -0.391. The number of para-hydroxylation sites is 1. The monoisotopic (exact) mass is 433 g/mol. The minimum atomic E-state index is -2.05. The second kappa shape index (κ2) is 12.3. The minimum absolute atomic E-state index is 0.0807. The van der Waals surface area contributed by atoms with Gasteiger partial charge >= 0.3 is 5.97 Å². The van der Waals surface area contributed by atoms with E-state index < -0.39 is 14.3 Å². The van der Waals surface area contributed by atoms with Crippen molar-refractivity contribution in [1.29, 1.82) is 0 Å². The zero-order valence-corrected chi connectivity index (χ0v) is 21.2. The predicted octanol–water partition coefficient (Wildman–Crippen LogP) is 6.95. The van der Waals surface area contributed by atoms with Crippen LogP contribution >= 0.6 is 0 Å². The molecule has 0 spiro atoms. The second-order valence-corrected chi connectivity index (χ2v) is 14.4. The lowest BCUT2D eigenvalue weighted by molar-refractivity contribution is -0.136. The van der Waals surface area contributed by atoms with E-state index in [1.54, 1.807) is 0 Å². The Morgan fingerprint density at radius 1 is 1.10 bits per heavy atom. The maximum atomic E-state index is 12.4. The van der Waals surface area contributed by atoms with Gasteiger partial charge in [-0.05, 0) is 36.7 Å². The first-order chi connectivity index (χ1) is 14.0. The van der Waals surface area contributed by atoms with Gasteiger partial charge in [-0.1, -0.05) is 84.6 Å². The van der Waals surface area contributed by atoms with Crippen LogP contribution in [-0.4, -0.2) is 33.5 Å². The number of rotatable bonds is 13. The van der Waals surface area contributed by atoms with Gasteiger partial charge in [-0.25, -0.2) is 4.79 Å². The van der Waals surface area contributed by atoms with Gasteiger partial charge in [0.15, 0.2) is 8.32 Å². The number of esters is 1. The van der Waals surface area contributed by atoms with E-state index in [-0.39, 0.29) is 17.2 Å². The summed E-state index contributed by atoms with van der Waals surface area (Å²) in [6, 6.07) is 9.61. The molecule has 1 rings (SSSR count). The highest BCUT2D eigenvalue weighted by atomic mass is 28.4. The molecule has 170 valence electrons. The number of methoxy groups -OCH3 is 1. The van der Waals surface area contributed by atoms with Crippen LogP contribution in [0.25, 0.3) is 0 Å². The quantitative estimate of drug-likeness (QED) is 0.158. The number of carbonyl (C=O) groups is 1. The van der Waals surface area contributed by atoms with Gasteiger partial charge < -0.3 is 14.5 Å². The molecule has 0 unspecified atom stereocenters. The largest absolute Gasteiger partial charge is 0.466 e. The van der Waals surface area contributed by atoms with E-state index in [0.29, 0.717) is 5.57 Å². The molecule has 0 heterocycles. The highest BCUT2D eigenvalue weighted by Gasteiger charge is 2.41. The Bertz CT molecular complexity index is 652. The van der Waals surface area contributed by atoms with Gasteiger partial charge in [0.25, 0.3) is 0 Å². The summed E-state index contributed by atoms with van der Waals surface area (Å²) in [6.45, 7) is 17.6. The lowest BCUT2D eigenvalue weighted by Crippen LogP contribution is -2.50. The van der Waals surface area contributed by atoms with E-state index >= 15 is 0 Å². The minimum Gasteiger partial charge on any atom is -0.466 e. The van der Waals surface area contributed by atoms with Gasteiger partial charge in [-0.2, -0.15) is 0 Å². The summed E-state index contributed by atoms with van der Waals surface area (Å²) in [7, 11) is -0.643. The first kappa shape index (κ1) is 26.4. The first-order valence-electron chi connectivity index (χ1n) is 11.3. The van der Waals surface area contributed by atoms with E-state index in [1.807, 2.05) is 30.3 Å². The van der Waals surface area contributed by atoms with Crippen LogP contribution in [-0.2, 0) is 14.0 Å². The molecular weight excluding hydrogens is 390 g/mol. The van der Waals surface area contributed by atoms with Gasteiger partial charge in [0.2, 0.25) is 0 Å². The molecule has 0 aliphatic rings. The van der Waals surface area contributed by atoms with Crippen LogP contribution in [0.5, 0.6) is 0 Å². The van der Waals surface area contributed by atoms with Crippen LogP contribution in [0.2, 0.25) is 18.1 Å². The fraction of sp³-hybridized carbons (Fsp3) is 0.640. The molecule has 0 fully saturated rings. The van der Waals surface area contributed by atoms with Crippen molar-refractivity contribution < 1.29 is 14.0 Å². The highest BCUT2D eigenvalue weighted by molar-refractivity contribution is 6.74. The SMILES string of the molecule is C=C(C(=O)OC)[C@H](Nc1ccccc1)[C@@H](CCCCCCC)O[Si](C)(C)C(C)(C)C. The Balaban J connectivity index is 3.16. The van der Waals surface area contributed by atoms with Crippen molar-refractivity contribution in [2.75, 3.05) is 12.4 Å². The number of hydrogen-bond donors (Lipinski definition) is 1. The molecule has 0 amide bonds. The van der Waals surface area contributed by atoms with Crippen molar-refractivity contribution in [1.82, 2.24) is 0 Å². The number of carbonyl (C=O) groups excluding carboxylic acids is 1. The molecule has 0 radical (unpaired) electrons. The molecule has 1 aromatic carbocycles. The molecule has 5 heteroatoms. The maximum Gasteiger partial charge on any atom is 0.335 e. The van der Waals surface area contributed by atoms with E-state index in [9.17, 15) is 4.79 Å². The van der Waals surface area contributed by atoms with E-state index in [1.165, 1.54) is 32.8 Å². The Kier molecular flexibility index (Phi) is 10.8. The average molecular weight is 434 g/mol. The Hall–Kier alpha value is -1.59. The topological polar surface area (TPSA) is 47.6 Å². The van der Waals surface area contributed by atoms with Crippen molar-refractivity contribution in [3.63, 3.8) is 0 Å². The molecule has 2 atom stereocenters. The summed E-state index contributed by atoms with van der Waals surface area (Å²) >= 11 is 0. The number of anilines is 1. The maximum absolute atomic E-state index is 12.4. The third kappa shape index (κ3) is 8.27. The molecule has 1 N–H and O–H groups in total. The zero-order valence-electron chi connectivity index (χ0n) is 20.2. The van der Waals surface area contributed by atoms with Crippen LogP contribution in [0.15, 0.2) is 42.5 Å². The Morgan fingerprint density at radius 2 is 1.70 bits per heavy atom. The van der Waals surface area contributed by atoms with E-state index in [2.05, 4.69) is 52.7 Å². The number of ether oxygens (including phenoxy) is 1. The third-order valence-corrected chi connectivity index (χ3v) is 10.6. The zero-order chi connectivity index (χ0) is 22.8. The second-order valence-electron chi connectivity index (χ2n) is 9.62. The average Bonchev–Trinajstić information content (AvgIpc) is 2.69. The number of benzene rings is 1. The predicted molar refractivity (Wildman–Crippen MR) is 130 cm³/mol. The van der Waals surface area contributed by atoms with Gasteiger partial charge in [-0.15, -0.1) is 0 Å². The molecule has 1 aromatic rings. The molecule has 0 saturated heterocycles. The van der Waals surface area contributed by atoms with Crippen LogP contribution in [0.1, 0.15) is 66.2 Å². The summed E-state index contributed by atoms with van der Waals surface area (Å²) in [5.41, 5.74) is 1.36. The van der Waals surface area contributed by atoms with Crippen LogP contribution in [0.3, 0.4) is 0 Å². The standard InChI is InChI=1S/C25H43NO3Si/c1-9-10-11-12-16-19-22(29-30(7,8)25(3,4)5)23(20(2)24(27)28-6)26-21-17-14-13-15-18-21/h13-15,17-18,22-23,26H,2,9-12,16,19H2,1,3-8H3/t22-,23+/m1/s1. The Morgan fingerprint density at radius 3 is 2.23 bits per heavy atom. The number of nitrogens with one attached hydrogen (secondary N) is 1. The van der Waals surface area contributed by atoms with Crippen molar-refractivity contribution in [3.05, 3.63) is 42.5 Å². The fourth-order valence-corrected chi connectivity index (χ4v) is 4.54. The van der Waals surface area contributed by atoms with Crippen LogP contribution < -0.4 is 5.32 Å².